The van der Waals surface area contributed by atoms with Crippen LogP contribution in [0.3, 0.4) is 0 Å². The number of hydrogen-bond donors (Lipinski definition) is 0. The molecule has 44 heavy (non-hydrogen) atoms. The lowest BCUT2D eigenvalue weighted by Gasteiger charge is -2.10. The lowest BCUT2D eigenvalue weighted by Crippen LogP contribution is -1.95. The molecule has 0 aliphatic rings. The third-order valence-corrected chi connectivity index (χ3v) is 7.82. The second-order valence-corrected chi connectivity index (χ2v) is 10.4. The van der Waals surface area contributed by atoms with Crippen molar-refractivity contribution in [3.05, 3.63) is 128 Å². The summed E-state index contributed by atoms with van der Waals surface area (Å²) < 4.78 is 19.6. The molecule has 0 radical (unpaired) electrons. The van der Waals surface area contributed by atoms with Crippen molar-refractivity contribution in [1.82, 2.24) is 24.5 Å². The third kappa shape index (κ3) is 3.93. The average Bonchev–Trinajstić information content (AvgIpc) is 3.90. The largest absolute Gasteiger partial charge is 0.445 e. The van der Waals surface area contributed by atoms with Gasteiger partial charge in [0.15, 0.2) is 5.58 Å². The summed E-state index contributed by atoms with van der Waals surface area (Å²) in [5.41, 5.74) is 9.07. The zero-order valence-corrected chi connectivity index (χ0v) is 23.1. The smallest absolute Gasteiger partial charge is 0.227 e. The van der Waals surface area contributed by atoms with Gasteiger partial charge in [0.05, 0.1) is 29.1 Å². The van der Waals surface area contributed by atoms with Crippen molar-refractivity contribution < 1.29 is 13.3 Å². The Balaban J connectivity index is 1.25. The molecule has 0 aliphatic carbocycles. The van der Waals surface area contributed by atoms with Crippen LogP contribution >= 0.6 is 0 Å². The van der Waals surface area contributed by atoms with Gasteiger partial charge in [-0.1, -0.05) is 24.3 Å². The van der Waals surface area contributed by atoms with Crippen LogP contribution in [0.5, 0.6) is 0 Å². The lowest BCUT2D eigenvalue weighted by molar-refractivity contribution is 0.574. The van der Waals surface area contributed by atoms with Gasteiger partial charge < -0.3 is 17.8 Å². The van der Waals surface area contributed by atoms with Crippen LogP contribution in [0.15, 0.2) is 141 Å². The molecule has 208 valence electrons. The van der Waals surface area contributed by atoms with E-state index in [0.717, 1.165) is 61.0 Å². The molecule has 0 unspecified atom stereocenters. The van der Waals surface area contributed by atoms with Gasteiger partial charge in [0.1, 0.15) is 18.0 Å². The standard InChI is InChI=1S/C36H21N5O3/c1-2-13-37-29(6-1)22-4-3-5-26(18-22)41-31-11-8-23(34-38-14-16-42-34)19-28(31)27-10-7-25(21-32(27)41)36-40-30-20-24(9-12-33(30)44-36)35-39-15-17-43-35/h1-21H. The number of hydrogen-bond acceptors (Lipinski definition) is 7. The molecule has 8 nitrogen and oxygen atoms in total. The first-order chi connectivity index (χ1) is 21.8. The number of aromatic nitrogens is 5. The zero-order chi connectivity index (χ0) is 29.0. The quantitative estimate of drug-likeness (QED) is 0.203. The highest BCUT2D eigenvalue weighted by Gasteiger charge is 2.18. The van der Waals surface area contributed by atoms with Crippen LogP contribution < -0.4 is 0 Å². The normalized spacial score (nSPS) is 11.6. The SMILES string of the molecule is c1ccc(-c2cccc(-n3c4ccc(-c5ncco5)cc4c4ccc(-c5nc6cc(-c7ncco7)ccc6o5)cc43)c2)nc1. The molecule has 0 aliphatic heterocycles. The molecule has 4 aromatic carbocycles. The monoisotopic (exact) mass is 571 g/mol. The molecule has 9 rings (SSSR count). The zero-order valence-electron chi connectivity index (χ0n) is 23.1. The summed E-state index contributed by atoms with van der Waals surface area (Å²) in [4.78, 5) is 18.0. The van der Waals surface area contributed by atoms with Crippen LogP contribution in [0, 0.1) is 0 Å². The minimum absolute atomic E-state index is 0.533. The van der Waals surface area contributed by atoms with E-state index in [1.54, 1.807) is 24.9 Å². The number of fused-ring (bicyclic) bond motifs is 4. The van der Waals surface area contributed by atoms with Crippen molar-refractivity contribution in [2.24, 2.45) is 0 Å². The molecule has 9 aromatic rings. The van der Waals surface area contributed by atoms with Crippen LogP contribution in [0.2, 0.25) is 0 Å². The molecule has 0 N–H and O–H groups in total. The Kier molecular flexibility index (Phi) is 5.33. The van der Waals surface area contributed by atoms with Gasteiger partial charge >= 0.3 is 0 Å². The summed E-state index contributed by atoms with van der Waals surface area (Å²) in [6.07, 6.45) is 8.25. The highest BCUT2D eigenvalue weighted by molar-refractivity contribution is 6.11. The van der Waals surface area contributed by atoms with Crippen molar-refractivity contribution in [2.45, 2.75) is 0 Å². The van der Waals surface area contributed by atoms with Gasteiger partial charge in [0, 0.05) is 44.9 Å². The van der Waals surface area contributed by atoms with Crippen molar-refractivity contribution in [2.75, 3.05) is 0 Å². The summed E-state index contributed by atoms with van der Waals surface area (Å²) in [6, 6.07) is 32.7. The van der Waals surface area contributed by atoms with Crippen LogP contribution in [0.25, 0.3) is 84.2 Å². The van der Waals surface area contributed by atoms with E-state index in [1.807, 2.05) is 54.7 Å². The molecule has 0 saturated carbocycles. The molecule has 0 atom stereocenters. The Bertz CT molecular complexity index is 2440. The van der Waals surface area contributed by atoms with Crippen molar-refractivity contribution in [3.63, 3.8) is 0 Å². The van der Waals surface area contributed by atoms with E-state index < -0.39 is 0 Å². The first-order valence-corrected chi connectivity index (χ1v) is 14.1. The maximum absolute atomic E-state index is 6.24. The van der Waals surface area contributed by atoms with Crippen molar-refractivity contribution >= 4 is 32.9 Å². The molecule has 5 aromatic heterocycles. The molecule has 0 bridgehead atoms. The second kappa shape index (κ2) is 9.64. The summed E-state index contributed by atoms with van der Waals surface area (Å²) >= 11 is 0. The van der Waals surface area contributed by atoms with Gasteiger partial charge in [0.25, 0.3) is 0 Å². The fourth-order valence-corrected chi connectivity index (χ4v) is 5.82. The molecular weight excluding hydrogens is 550 g/mol. The average molecular weight is 572 g/mol. The number of oxazole rings is 3. The first kappa shape index (κ1) is 24.3. The van der Waals surface area contributed by atoms with Gasteiger partial charge in [-0.3, -0.25) is 4.98 Å². The number of pyridine rings is 1. The van der Waals surface area contributed by atoms with E-state index in [1.165, 1.54) is 0 Å². The van der Waals surface area contributed by atoms with Gasteiger partial charge in [0.2, 0.25) is 17.7 Å². The minimum atomic E-state index is 0.533. The number of benzene rings is 4. The van der Waals surface area contributed by atoms with Gasteiger partial charge in [-0.25, -0.2) is 15.0 Å². The molecule has 0 fully saturated rings. The molecule has 8 heteroatoms. The highest BCUT2D eigenvalue weighted by Crippen LogP contribution is 2.38. The third-order valence-electron chi connectivity index (χ3n) is 7.82. The Morgan fingerprint density at radius 3 is 2.11 bits per heavy atom. The van der Waals surface area contributed by atoms with Crippen LogP contribution in [-0.4, -0.2) is 24.5 Å². The van der Waals surface area contributed by atoms with E-state index >= 15 is 0 Å². The Morgan fingerprint density at radius 2 is 1.32 bits per heavy atom. The van der Waals surface area contributed by atoms with Gasteiger partial charge in [-0.15, -0.1) is 0 Å². The molecule has 5 heterocycles. The lowest BCUT2D eigenvalue weighted by atomic mass is 10.1. The van der Waals surface area contributed by atoms with Crippen LogP contribution in [0.1, 0.15) is 0 Å². The Morgan fingerprint density at radius 1 is 0.523 bits per heavy atom. The maximum Gasteiger partial charge on any atom is 0.227 e. The molecule has 0 spiro atoms. The summed E-state index contributed by atoms with van der Waals surface area (Å²) in [6.45, 7) is 0. The van der Waals surface area contributed by atoms with Crippen molar-refractivity contribution in [3.8, 4) is 51.3 Å². The van der Waals surface area contributed by atoms with E-state index in [0.29, 0.717) is 23.3 Å². The van der Waals surface area contributed by atoms with E-state index in [9.17, 15) is 0 Å². The second-order valence-electron chi connectivity index (χ2n) is 10.4. The molecule has 0 amide bonds. The highest BCUT2D eigenvalue weighted by atomic mass is 16.4. The number of rotatable bonds is 5. The minimum Gasteiger partial charge on any atom is -0.445 e. The summed E-state index contributed by atoms with van der Waals surface area (Å²) in [5.74, 6) is 1.66. The summed E-state index contributed by atoms with van der Waals surface area (Å²) in [5, 5.41) is 2.17. The molecule has 0 saturated heterocycles. The van der Waals surface area contributed by atoms with Crippen LogP contribution in [0.4, 0.5) is 0 Å². The first-order valence-electron chi connectivity index (χ1n) is 14.1. The van der Waals surface area contributed by atoms with E-state index in [-0.39, 0.29) is 0 Å². The van der Waals surface area contributed by atoms with E-state index in [4.69, 9.17) is 18.2 Å². The predicted octanol–water partition coefficient (Wildman–Crippen LogP) is 8.96. The Hall–Kier alpha value is -6.28. The predicted molar refractivity (Wildman–Crippen MR) is 168 cm³/mol. The van der Waals surface area contributed by atoms with Gasteiger partial charge in [-0.2, -0.15) is 0 Å². The van der Waals surface area contributed by atoms with Gasteiger partial charge in [-0.05, 0) is 72.8 Å². The van der Waals surface area contributed by atoms with Crippen LogP contribution in [-0.2, 0) is 0 Å². The molecular formula is C36H21N5O3. The summed E-state index contributed by atoms with van der Waals surface area (Å²) in [7, 11) is 0. The topological polar surface area (TPSA) is 95.9 Å². The van der Waals surface area contributed by atoms with Crippen molar-refractivity contribution in [1.29, 1.82) is 0 Å². The fraction of sp³-hybridized carbons (Fsp3) is 0. The fourth-order valence-electron chi connectivity index (χ4n) is 5.82. The maximum atomic E-state index is 6.24. The Labute approximate surface area is 249 Å². The van der Waals surface area contributed by atoms with E-state index in [2.05, 4.69) is 68.0 Å². The number of nitrogens with zero attached hydrogens (tertiary/aromatic N) is 5.